The van der Waals surface area contributed by atoms with Crippen molar-refractivity contribution in [1.29, 1.82) is 0 Å². The van der Waals surface area contributed by atoms with Gasteiger partial charge in [0, 0.05) is 51.7 Å². The fraction of sp³-hybridized carbons (Fsp3) is 0.130. The second-order valence-corrected chi connectivity index (χ2v) is 7.03. The highest BCUT2D eigenvalue weighted by Crippen LogP contribution is 2.30. The predicted molar refractivity (Wildman–Crippen MR) is 119 cm³/mol. The number of non-ortho nitro benzene ring substituents is 1. The molecule has 4 aromatic rings. The minimum Gasteiger partial charge on any atom is -0.343 e. The number of nitrogens with one attached hydrogen (secondary N) is 2. The van der Waals surface area contributed by atoms with E-state index in [0.717, 1.165) is 28.4 Å². The molecule has 2 amide bonds. The van der Waals surface area contributed by atoms with Crippen LogP contribution < -0.4 is 10.6 Å². The summed E-state index contributed by atoms with van der Waals surface area (Å²) < 4.78 is 2.22. The van der Waals surface area contributed by atoms with Crippen molar-refractivity contribution in [1.82, 2.24) is 9.88 Å². The van der Waals surface area contributed by atoms with Crippen LogP contribution in [-0.4, -0.2) is 27.8 Å². The van der Waals surface area contributed by atoms with Crippen molar-refractivity contribution in [2.24, 2.45) is 0 Å². The van der Waals surface area contributed by atoms with Crippen LogP contribution in [-0.2, 0) is 11.3 Å². The van der Waals surface area contributed by atoms with E-state index in [-0.39, 0.29) is 17.8 Å². The standard InChI is InChI=1S/C23H20N4O4/c1-2-26-20-9-4-3-8-18(20)19-13-16(10-11-21(19)26)25-22(28)14-24-23(29)15-6-5-7-17(12-15)27(30)31/h3-13H,2,14H2,1H3,(H,24,29)(H,25,28). The number of para-hydroxylation sites is 1. The van der Waals surface area contributed by atoms with Gasteiger partial charge in [-0.05, 0) is 37.3 Å². The summed E-state index contributed by atoms with van der Waals surface area (Å²) in [6.45, 7) is 2.67. The van der Waals surface area contributed by atoms with Crippen molar-refractivity contribution in [2.75, 3.05) is 11.9 Å². The van der Waals surface area contributed by atoms with E-state index in [4.69, 9.17) is 0 Å². The number of carbonyl (C=O) groups is 2. The van der Waals surface area contributed by atoms with Crippen molar-refractivity contribution in [3.8, 4) is 0 Å². The molecule has 0 unspecified atom stereocenters. The number of nitrogens with zero attached hydrogens (tertiary/aromatic N) is 2. The molecule has 0 aliphatic rings. The number of aryl methyl sites for hydroxylation is 1. The first kappa shape index (κ1) is 20.1. The third kappa shape index (κ3) is 3.95. The fourth-order valence-corrected chi connectivity index (χ4v) is 3.70. The molecule has 0 spiro atoms. The van der Waals surface area contributed by atoms with Crippen molar-refractivity contribution in [3.05, 3.63) is 82.4 Å². The summed E-state index contributed by atoms with van der Waals surface area (Å²) in [5, 5.41) is 18.3. The van der Waals surface area contributed by atoms with Gasteiger partial charge in [0.1, 0.15) is 0 Å². The number of benzene rings is 3. The van der Waals surface area contributed by atoms with Gasteiger partial charge in [0.2, 0.25) is 5.91 Å². The molecule has 0 atom stereocenters. The van der Waals surface area contributed by atoms with Gasteiger partial charge < -0.3 is 15.2 Å². The highest BCUT2D eigenvalue weighted by atomic mass is 16.6. The summed E-state index contributed by atoms with van der Waals surface area (Å²) in [7, 11) is 0. The van der Waals surface area contributed by atoms with Crippen LogP contribution >= 0.6 is 0 Å². The summed E-state index contributed by atoms with van der Waals surface area (Å²) >= 11 is 0. The lowest BCUT2D eigenvalue weighted by Gasteiger charge is -2.08. The molecule has 0 aliphatic heterocycles. The molecule has 3 aromatic carbocycles. The second kappa shape index (κ2) is 8.27. The first-order chi connectivity index (χ1) is 15.0. The average molecular weight is 416 g/mol. The summed E-state index contributed by atoms with van der Waals surface area (Å²) in [5.74, 6) is -0.947. The smallest absolute Gasteiger partial charge is 0.270 e. The Morgan fingerprint density at radius 3 is 2.52 bits per heavy atom. The first-order valence-corrected chi connectivity index (χ1v) is 9.81. The van der Waals surface area contributed by atoms with E-state index in [1.807, 2.05) is 30.3 Å². The number of rotatable bonds is 6. The molecular formula is C23H20N4O4. The largest absolute Gasteiger partial charge is 0.343 e. The van der Waals surface area contributed by atoms with E-state index in [9.17, 15) is 19.7 Å². The van der Waals surface area contributed by atoms with Crippen LogP contribution in [0.3, 0.4) is 0 Å². The Bertz CT molecular complexity index is 1330. The van der Waals surface area contributed by atoms with Gasteiger partial charge in [0.05, 0.1) is 11.5 Å². The van der Waals surface area contributed by atoms with E-state index in [0.29, 0.717) is 5.69 Å². The molecule has 4 rings (SSSR count). The van der Waals surface area contributed by atoms with Gasteiger partial charge in [-0.15, -0.1) is 0 Å². The zero-order valence-corrected chi connectivity index (χ0v) is 16.8. The van der Waals surface area contributed by atoms with E-state index in [2.05, 4.69) is 34.3 Å². The maximum Gasteiger partial charge on any atom is 0.270 e. The molecule has 0 radical (unpaired) electrons. The lowest BCUT2D eigenvalue weighted by molar-refractivity contribution is -0.384. The highest BCUT2D eigenvalue weighted by molar-refractivity contribution is 6.10. The SMILES string of the molecule is CCn1c2ccccc2c2cc(NC(=O)CNC(=O)c3cccc([N+](=O)[O-])c3)ccc21. The number of carbonyl (C=O) groups excluding carboxylic acids is 2. The van der Waals surface area contributed by atoms with Crippen molar-refractivity contribution < 1.29 is 14.5 Å². The molecule has 1 aromatic heterocycles. The molecule has 2 N–H and O–H groups in total. The Morgan fingerprint density at radius 2 is 1.74 bits per heavy atom. The van der Waals surface area contributed by atoms with Gasteiger partial charge in [-0.2, -0.15) is 0 Å². The molecule has 0 saturated carbocycles. The highest BCUT2D eigenvalue weighted by Gasteiger charge is 2.14. The van der Waals surface area contributed by atoms with Crippen LogP contribution in [0.25, 0.3) is 21.8 Å². The number of hydrogen-bond donors (Lipinski definition) is 2. The number of hydrogen-bond acceptors (Lipinski definition) is 4. The van der Waals surface area contributed by atoms with Gasteiger partial charge in [-0.3, -0.25) is 19.7 Å². The second-order valence-electron chi connectivity index (χ2n) is 7.03. The van der Waals surface area contributed by atoms with Crippen LogP contribution in [0.1, 0.15) is 17.3 Å². The summed E-state index contributed by atoms with van der Waals surface area (Å²) in [6.07, 6.45) is 0. The number of nitro benzene ring substituents is 1. The molecule has 8 heteroatoms. The Labute approximate surface area is 177 Å². The summed E-state index contributed by atoms with van der Waals surface area (Å²) in [4.78, 5) is 34.8. The van der Waals surface area contributed by atoms with Crippen LogP contribution in [0.2, 0.25) is 0 Å². The van der Waals surface area contributed by atoms with Crippen LogP contribution in [0, 0.1) is 10.1 Å². The summed E-state index contributed by atoms with van der Waals surface area (Å²) in [6, 6.07) is 19.2. The lowest BCUT2D eigenvalue weighted by Crippen LogP contribution is -2.32. The Hall–Kier alpha value is -4.20. The fourth-order valence-electron chi connectivity index (χ4n) is 3.70. The molecule has 0 saturated heterocycles. The van der Waals surface area contributed by atoms with Gasteiger partial charge in [-0.25, -0.2) is 0 Å². The van der Waals surface area contributed by atoms with Gasteiger partial charge in [0.15, 0.2) is 0 Å². The molecule has 0 bridgehead atoms. The van der Waals surface area contributed by atoms with Crippen LogP contribution in [0.4, 0.5) is 11.4 Å². The number of anilines is 1. The zero-order chi connectivity index (χ0) is 22.0. The Balaban J connectivity index is 1.47. The van der Waals surface area contributed by atoms with Crippen LogP contribution in [0.15, 0.2) is 66.7 Å². The monoisotopic (exact) mass is 416 g/mol. The van der Waals surface area contributed by atoms with Crippen LogP contribution in [0.5, 0.6) is 0 Å². The maximum absolute atomic E-state index is 12.3. The molecule has 1 heterocycles. The predicted octanol–water partition coefficient (Wildman–Crippen LogP) is 4.09. The average Bonchev–Trinajstić information content (AvgIpc) is 3.10. The normalized spacial score (nSPS) is 10.9. The van der Waals surface area contributed by atoms with Crippen molar-refractivity contribution >= 4 is 45.0 Å². The lowest BCUT2D eigenvalue weighted by atomic mass is 10.1. The number of fused-ring (bicyclic) bond motifs is 3. The molecule has 156 valence electrons. The Kier molecular flexibility index (Phi) is 5.36. The minimum absolute atomic E-state index is 0.121. The van der Waals surface area contributed by atoms with Gasteiger partial charge in [-0.1, -0.05) is 24.3 Å². The van der Waals surface area contributed by atoms with E-state index in [1.165, 1.54) is 24.3 Å². The van der Waals surface area contributed by atoms with E-state index >= 15 is 0 Å². The third-order valence-corrected chi connectivity index (χ3v) is 5.10. The Morgan fingerprint density at radius 1 is 0.968 bits per heavy atom. The number of nitro groups is 1. The quantitative estimate of drug-likeness (QED) is 0.365. The number of amides is 2. The molecule has 8 nitrogen and oxygen atoms in total. The van der Waals surface area contributed by atoms with E-state index < -0.39 is 16.7 Å². The molecule has 0 fully saturated rings. The summed E-state index contributed by atoms with van der Waals surface area (Å²) in [5.41, 5.74) is 2.78. The minimum atomic E-state index is -0.574. The van der Waals surface area contributed by atoms with Crippen molar-refractivity contribution in [2.45, 2.75) is 13.5 Å². The maximum atomic E-state index is 12.3. The first-order valence-electron chi connectivity index (χ1n) is 9.81. The van der Waals surface area contributed by atoms with Crippen molar-refractivity contribution in [3.63, 3.8) is 0 Å². The van der Waals surface area contributed by atoms with Gasteiger partial charge in [0.25, 0.3) is 11.6 Å². The third-order valence-electron chi connectivity index (χ3n) is 5.10. The molecular weight excluding hydrogens is 396 g/mol. The number of aromatic nitrogens is 1. The topological polar surface area (TPSA) is 106 Å². The molecule has 31 heavy (non-hydrogen) atoms. The molecule has 0 aliphatic carbocycles. The van der Waals surface area contributed by atoms with E-state index in [1.54, 1.807) is 0 Å². The zero-order valence-electron chi connectivity index (χ0n) is 16.8. The van der Waals surface area contributed by atoms with Gasteiger partial charge >= 0.3 is 0 Å².